The zero-order valence-electron chi connectivity index (χ0n) is 11.9. The summed E-state index contributed by atoms with van der Waals surface area (Å²) in [7, 11) is 0. The lowest BCUT2D eigenvalue weighted by atomic mass is 9.94. The van der Waals surface area contributed by atoms with Crippen LogP contribution < -0.4 is 5.73 Å². The molecule has 102 valence electrons. The molecule has 0 spiro atoms. The highest BCUT2D eigenvalue weighted by atomic mass is 19.1. The second-order valence-corrected chi connectivity index (χ2v) is 5.13. The lowest BCUT2D eigenvalue weighted by Gasteiger charge is -2.14. The van der Waals surface area contributed by atoms with Gasteiger partial charge in [-0.05, 0) is 62.9 Å². The van der Waals surface area contributed by atoms with Crippen molar-refractivity contribution in [3.05, 3.63) is 57.8 Å². The molecule has 1 aromatic carbocycles. The van der Waals surface area contributed by atoms with Crippen LogP contribution in [0.15, 0.2) is 22.6 Å². The maximum atomic E-state index is 13.1. The van der Waals surface area contributed by atoms with Crippen LogP contribution in [0.2, 0.25) is 0 Å². The average molecular weight is 261 g/mol. The van der Waals surface area contributed by atoms with E-state index >= 15 is 0 Å². The minimum atomic E-state index is -0.207. The fourth-order valence-corrected chi connectivity index (χ4v) is 2.58. The Hall–Kier alpha value is -1.61. The van der Waals surface area contributed by atoms with Gasteiger partial charge in [0.25, 0.3) is 0 Å². The van der Waals surface area contributed by atoms with Crippen LogP contribution in [0.1, 0.15) is 39.8 Å². The van der Waals surface area contributed by atoms with E-state index in [1.54, 1.807) is 6.07 Å². The van der Waals surface area contributed by atoms with E-state index in [9.17, 15) is 4.39 Å². The number of nitrogens with two attached hydrogens (primary N) is 1. The van der Waals surface area contributed by atoms with Gasteiger partial charge < -0.3 is 10.2 Å². The fourth-order valence-electron chi connectivity index (χ4n) is 2.58. The minimum Gasteiger partial charge on any atom is -0.466 e. The van der Waals surface area contributed by atoms with Gasteiger partial charge >= 0.3 is 0 Å². The number of benzene rings is 1. The Labute approximate surface area is 113 Å². The maximum absolute atomic E-state index is 13.1. The van der Waals surface area contributed by atoms with Crippen LogP contribution in [0.3, 0.4) is 0 Å². The van der Waals surface area contributed by atoms with E-state index in [2.05, 4.69) is 0 Å². The van der Waals surface area contributed by atoms with Crippen molar-refractivity contribution in [2.75, 3.05) is 0 Å². The summed E-state index contributed by atoms with van der Waals surface area (Å²) in [5, 5.41) is 0. The van der Waals surface area contributed by atoms with Gasteiger partial charge in [0.2, 0.25) is 0 Å². The van der Waals surface area contributed by atoms with Gasteiger partial charge in [0.05, 0.1) is 0 Å². The van der Waals surface area contributed by atoms with Crippen LogP contribution in [-0.4, -0.2) is 0 Å². The van der Waals surface area contributed by atoms with E-state index in [1.165, 1.54) is 6.07 Å². The van der Waals surface area contributed by atoms with Crippen LogP contribution in [0.4, 0.5) is 4.39 Å². The molecule has 0 bridgehead atoms. The van der Waals surface area contributed by atoms with Crippen LogP contribution in [-0.2, 0) is 6.42 Å². The first-order valence-corrected chi connectivity index (χ1v) is 6.47. The number of rotatable bonds is 3. The highest BCUT2D eigenvalue weighted by Gasteiger charge is 2.18. The molecule has 19 heavy (non-hydrogen) atoms. The summed E-state index contributed by atoms with van der Waals surface area (Å²) >= 11 is 0. The Kier molecular flexibility index (Phi) is 3.76. The Morgan fingerprint density at radius 1 is 1.16 bits per heavy atom. The largest absolute Gasteiger partial charge is 0.466 e. The molecule has 2 nitrogen and oxygen atoms in total. The van der Waals surface area contributed by atoms with Crippen molar-refractivity contribution in [2.45, 2.75) is 40.2 Å². The number of aryl methyl sites for hydroxylation is 3. The third kappa shape index (κ3) is 2.71. The van der Waals surface area contributed by atoms with Gasteiger partial charge in [-0.1, -0.05) is 6.07 Å². The normalized spacial score (nSPS) is 12.7. The Morgan fingerprint density at radius 2 is 1.84 bits per heavy atom. The molecule has 0 aliphatic carbocycles. The first-order valence-electron chi connectivity index (χ1n) is 6.47. The van der Waals surface area contributed by atoms with Crippen LogP contribution in [0, 0.1) is 33.5 Å². The third-order valence-corrected chi connectivity index (χ3v) is 3.73. The molecule has 2 N–H and O–H groups in total. The number of halogens is 1. The summed E-state index contributed by atoms with van der Waals surface area (Å²) in [6.07, 6.45) is 0.687. The maximum Gasteiger partial charge on any atom is 0.123 e. The summed E-state index contributed by atoms with van der Waals surface area (Å²) in [5.41, 5.74) is 10.5. The first kappa shape index (κ1) is 13.8. The van der Waals surface area contributed by atoms with Crippen molar-refractivity contribution in [3.63, 3.8) is 0 Å². The smallest absolute Gasteiger partial charge is 0.123 e. The third-order valence-electron chi connectivity index (χ3n) is 3.73. The van der Waals surface area contributed by atoms with Gasteiger partial charge in [-0.2, -0.15) is 0 Å². The van der Waals surface area contributed by atoms with Gasteiger partial charge in [0.1, 0.15) is 17.3 Å². The number of hydrogen-bond acceptors (Lipinski definition) is 2. The van der Waals surface area contributed by atoms with E-state index in [0.717, 1.165) is 33.8 Å². The molecule has 0 saturated heterocycles. The van der Waals surface area contributed by atoms with Gasteiger partial charge in [0.15, 0.2) is 0 Å². The van der Waals surface area contributed by atoms with Crippen molar-refractivity contribution in [1.29, 1.82) is 0 Å². The first-order chi connectivity index (χ1) is 8.90. The summed E-state index contributed by atoms with van der Waals surface area (Å²) in [6, 6.07) is 4.71. The highest BCUT2D eigenvalue weighted by Crippen LogP contribution is 2.28. The number of furan rings is 1. The zero-order valence-corrected chi connectivity index (χ0v) is 11.9. The van der Waals surface area contributed by atoms with Crippen molar-refractivity contribution in [1.82, 2.24) is 0 Å². The molecule has 1 heterocycles. The molecular formula is C16H20FNO. The Bertz CT molecular complexity index is 601. The molecule has 2 aromatic rings. The van der Waals surface area contributed by atoms with E-state index in [1.807, 2.05) is 33.8 Å². The van der Waals surface area contributed by atoms with E-state index in [-0.39, 0.29) is 11.9 Å². The molecule has 2 rings (SSSR count). The molecule has 0 amide bonds. The molecule has 3 heteroatoms. The molecule has 1 unspecified atom stereocenters. The molecular weight excluding hydrogens is 241 g/mol. The van der Waals surface area contributed by atoms with Crippen LogP contribution in [0.5, 0.6) is 0 Å². The lowest BCUT2D eigenvalue weighted by molar-refractivity contribution is 0.496. The average Bonchev–Trinajstić information content (AvgIpc) is 2.57. The predicted octanol–water partition coefficient (Wildman–Crippen LogP) is 3.89. The second kappa shape index (κ2) is 5.17. The molecule has 0 saturated carbocycles. The minimum absolute atomic E-state index is 0.124. The van der Waals surface area contributed by atoms with Crippen molar-refractivity contribution in [2.24, 2.45) is 5.73 Å². The monoisotopic (exact) mass is 261 g/mol. The number of hydrogen-bond donors (Lipinski definition) is 1. The molecule has 1 aromatic heterocycles. The molecule has 0 aliphatic rings. The van der Waals surface area contributed by atoms with E-state index in [4.69, 9.17) is 10.2 Å². The van der Waals surface area contributed by atoms with Crippen molar-refractivity contribution < 1.29 is 8.81 Å². The van der Waals surface area contributed by atoms with Gasteiger partial charge in [-0.25, -0.2) is 4.39 Å². The van der Waals surface area contributed by atoms with Crippen LogP contribution in [0.25, 0.3) is 0 Å². The molecule has 0 fully saturated rings. The van der Waals surface area contributed by atoms with E-state index < -0.39 is 0 Å². The standard InChI is InChI=1S/C16H20FNO/c1-9-7-14(17)6-5-13(9)8-15(18)16-10(2)11(3)19-12(16)4/h5-7,15H,8,18H2,1-4H3. The topological polar surface area (TPSA) is 39.2 Å². The fraction of sp³-hybridized carbons (Fsp3) is 0.375. The van der Waals surface area contributed by atoms with Gasteiger partial charge in [-0.15, -0.1) is 0 Å². The SMILES string of the molecule is Cc1cc(F)ccc1CC(N)c1c(C)oc(C)c1C. The molecule has 1 atom stereocenters. The summed E-state index contributed by atoms with van der Waals surface area (Å²) in [5.74, 6) is 1.59. The second-order valence-electron chi connectivity index (χ2n) is 5.13. The van der Waals surface area contributed by atoms with Crippen molar-refractivity contribution >= 4 is 0 Å². The van der Waals surface area contributed by atoms with Crippen LogP contribution >= 0.6 is 0 Å². The van der Waals surface area contributed by atoms with E-state index in [0.29, 0.717) is 6.42 Å². The quantitative estimate of drug-likeness (QED) is 0.910. The van der Waals surface area contributed by atoms with Gasteiger partial charge in [-0.3, -0.25) is 0 Å². The highest BCUT2D eigenvalue weighted by molar-refractivity contribution is 5.36. The Balaban J connectivity index is 2.28. The molecule has 0 radical (unpaired) electrons. The summed E-state index contributed by atoms with van der Waals surface area (Å²) < 4.78 is 18.7. The summed E-state index contributed by atoms with van der Waals surface area (Å²) in [4.78, 5) is 0. The lowest BCUT2D eigenvalue weighted by Crippen LogP contribution is -2.15. The summed E-state index contributed by atoms with van der Waals surface area (Å²) in [6.45, 7) is 7.82. The Morgan fingerprint density at radius 3 is 2.37 bits per heavy atom. The predicted molar refractivity (Wildman–Crippen MR) is 74.7 cm³/mol. The molecule has 0 aliphatic heterocycles. The van der Waals surface area contributed by atoms with Crippen molar-refractivity contribution in [3.8, 4) is 0 Å². The zero-order chi connectivity index (χ0) is 14.2. The van der Waals surface area contributed by atoms with Gasteiger partial charge in [0, 0.05) is 11.6 Å².